The van der Waals surface area contributed by atoms with Gasteiger partial charge in [0.15, 0.2) is 0 Å². The molecule has 0 bridgehead atoms. The van der Waals surface area contributed by atoms with Crippen molar-refractivity contribution in [2.45, 2.75) is 12.8 Å². The van der Waals surface area contributed by atoms with Crippen LogP contribution in [-0.2, 0) is 9.09 Å². The van der Waals surface area contributed by atoms with E-state index in [1.54, 1.807) is 0 Å². The Labute approximate surface area is 43.7 Å². The molecule has 0 aromatic heterocycles. The summed E-state index contributed by atoms with van der Waals surface area (Å²) in [5.41, 5.74) is 0. The zero-order valence-electron chi connectivity index (χ0n) is 4.09. The molecule has 1 unspecified atom stereocenters. The predicted molar refractivity (Wildman–Crippen MR) is 27.7 cm³/mol. The van der Waals surface area contributed by atoms with E-state index in [0.29, 0.717) is 6.61 Å². The molecule has 0 aromatic rings. The van der Waals surface area contributed by atoms with Crippen LogP contribution in [0.3, 0.4) is 0 Å². The Morgan fingerprint density at radius 3 is 2.57 bits per heavy atom. The van der Waals surface area contributed by atoms with E-state index < -0.39 is 8.03 Å². The summed E-state index contributed by atoms with van der Waals surface area (Å²) in [4.78, 5) is 0. The fourth-order valence-corrected chi connectivity index (χ4v) is 1.52. The van der Waals surface area contributed by atoms with Crippen molar-refractivity contribution in [2.24, 2.45) is 0 Å². The lowest BCUT2D eigenvalue weighted by Crippen LogP contribution is -1.96. The molecule has 7 heavy (non-hydrogen) atoms. The van der Waals surface area contributed by atoms with E-state index in [1.807, 2.05) is 0 Å². The molecule has 1 radical (unpaired) electrons. The van der Waals surface area contributed by atoms with Gasteiger partial charge in [-0.15, -0.1) is 0 Å². The van der Waals surface area contributed by atoms with Crippen molar-refractivity contribution in [3.63, 3.8) is 0 Å². The van der Waals surface area contributed by atoms with E-state index in [9.17, 15) is 4.57 Å². The summed E-state index contributed by atoms with van der Waals surface area (Å²) in [7, 11) is -1.24. The molecule has 1 atom stereocenters. The lowest BCUT2D eigenvalue weighted by atomic mass is 10.4. The molecule has 1 aliphatic heterocycles. The van der Waals surface area contributed by atoms with Crippen molar-refractivity contribution in [1.29, 1.82) is 0 Å². The number of rotatable bonds is 0. The van der Waals surface area contributed by atoms with Crippen molar-refractivity contribution >= 4 is 8.03 Å². The van der Waals surface area contributed by atoms with Gasteiger partial charge in [-0.1, -0.05) is 0 Å². The maximum Gasteiger partial charge on any atom is 0.212 e. The second kappa shape index (κ2) is 2.39. The molecule has 0 aliphatic carbocycles. The van der Waals surface area contributed by atoms with Gasteiger partial charge in [-0.25, -0.2) is 0 Å². The maximum atomic E-state index is 10.4. The molecule has 1 fully saturated rings. The Morgan fingerprint density at radius 2 is 2.29 bits per heavy atom. The molecular weight excluding hydrogens is 111 g/mol. The molecule has 2 nitrogen and oxygen atoms in total. The minimum atomic E-state index is -1.24. The van der Waals surface area contributed by atoms with Crippen molar-refractivity contribution in [3.8, 4) is 0 Å². The van der Waals surface area contributed by atoms with Crippen molar-refractivity contribution in [1.82, 2.24) is 0 Å². The van der Waals surface area contributed by atoms with E-state index in [-0.39, 0.29) is 0 Å². The largest absolute Gasteiger partial charge is 0.304 e. The van der Waals surface area contributed by atoms with Gasteiger partial charge in [0, 0.05) is 6.16 Å². The molecule has 0 saturated carbocycles. The van der Waals surface area contributed by atoms with E-state index in [2.05, 4.69) is 0 Å². The third kappa shape index (κ3) is 1.54. The first kappa shape index (κ1) is 5.20. The van der Waals surface area contributed by atoms with Gasteiger partial charge in [-0.2, -0.15) is 0 Å². The van der Waals surface area contributed by atoms with Gasteiger partial charge < -0.3 is 4.52 Å². The summed E-state index contributed by atoms with van der Waals surface area (Å²) in [6.07, 6.45) is 2.94. The van der Waals surface area contributed by atoms with Crippen LogP contribution in [-0.4, -0.2) is 12.8 Å². The Morgan fingerprint density at radius 1 is 1.43 bits per heavy atom. The molecule has 41 valence electrons. The average molecular weight is 119 g/mol. The van der Waals surface area contributed by atoms with Crippen LogP contribution in [0.4, 0.5) is 0 Å². The smallest absolute Gasteiger partial charge is 0.212 e. The van der Waals surface area contributed by atoms with Gasteiger partial charge in [-0.05, 0) is 12.8 Å². The predicted octanol–water partition coefficient (Wildman–Crippen LogP) is 1.54. The van der Waals surface area contributed by atoms with E-state index in [0.717, 1.165) is 19.0 Å². The van der Waals surface area contributed by atoms with Crippen LogP contribution in [0.15, 0.2) is 0 Å². The van der Waals surface area contributed by atoms with Crippen LogP contribution in [0, 0.1) is 0 Å². The monoisotopic (exact) mass is 119 g/mol. The van der Waals surface area contributed by atoms with Crippen molar-refractivity contribution < 1.29 is 9.09 Å². The normalized spacial score (nSPS) is 27.7. The fourth-order valence-electron chi connectivity index (χ4n) is 0.574. The van der Waals surface area contributed by atoms with Gasteiger partial charge >= 0.3 is 0 Å². The summed E-state index contributed by atoms with van der Waals surface area (Å²) in [6.45, 7) is 0.704. The van der Waals surface area contributed by atoms with Crippen molar-refractivity contribution in [3.05, 3.63) is 0 Å². The molecule has 1 rings (SSSR count). The first-order chi connectivity index (χ1) is 3.39. The summed E-state index contributed by atoms with van der Waals surface area (Å²) in [6, 6.07) is 0. The maximum absolute atomic E-state index is 10.4. The van der Waals surface area contributed by atoms with Crippen LogP contribution in [0.5, 0.6) is 0 Å². The first-order valence-corrected chi connectivity index (χ1v) is 3.83. The van der Waals surface area contributed by atoms with E-state index in [1.165, 1.54) is 0 Å². The Balaban J connectivity index is 2.25. The second-order valence-electron chi connectivity index (χ2n) is 1.60. The van der Waals surface area contributed by atoms with Gasteiger partial charge in [-0.3, -0.25) is 4.57 Å². The highest BCUT2D eigenvalue weighted by atomic mass is 31.1. The average Bonchev–Trinajstić information content (AvgIpc) is 1.69. The first-order valence-electron chi connectivity index (χ1n) is 2.47. The van der Waals surface area contributed by atoms with Gasteiger partial charge in [0.2, 0.25) is 8.03 Å². The second-order valence-corrected chi connectivity index (χ2v) is 2.97. The minimum absolute atomic E-state index is 0.704. The molecule has 0 spiro atoms. The molecule has 1 heterocycles. The SMILES string of the molecule is O=[P]1CCCCO1. The Bertz CT molecular complexity index is 73.8. The number of hydrogen-bond acceptors (Lipinski definition) is 2. The summed E-state index contributed by atoms with van der Waals surface area (Å²) < 4.78 is 15.2. The molecule has 1 aliphatic rings. The van der Waals surface area contributed by atoms with Gasteiger partial charge in [0.1, 0.15) is 0 Å². The number of hydrogen-bond donors (Lipinski definition) is 0. The highest BCUT2D eigenvalue weighted by Gasteiger charge is 2.05. The van der Waals surface area contributed by atoms with Gasteiger partial charge in [0.25, 0.3) is 0 Å². The summed E-state index contributed by atoms with van der Waals surface area (Å²) in [5.74, 6) is 0. The van der Waals surface area contributed by atoms with Crippen molar-refractivity contribution in [2.75, 3.05) is 12.8 Å². The van der Waals surface area contributed by atoms with Gasteiger partial charge in [0.05, 0.1) is 6.61 Å². The quantitative estimate of drug-likeness (QED) is 0.452. The third-order valence-electron chi connectivity index (χ3n) is 0.970. The standard InChI is InChI=1S/C4H8O2P/c5-7-4-2-1-3-6-7/h1-4H2. The van der Waals surface area contributed by atoms with E-state index >= 15 is 0 Å². The zero-order valence-corrected chi connectivity index (χ0v) is 4.99. The highest BCUT2D eigenvalue weighted by molar-refractivity contribution is 7.39. The van der Waals surface area contributed by atoms with E-state index in [4.69, 9.17) is 4.52 Å². The highest BCUT2D eigenvalue weighted by Crippen LogP contribution is 2.27. The molecule has 1 saturated heterocycles. The molecule has 0 aromatic carbocycles. The summed E-state index contributed by atoms with van der Waals surface area (Å²) in [5, 5.41) is 0. The van der Waals surface area contributed by atoms with Crippen LogP contribution < -0.4 is 0 Å². The molecular formula is C4H8O2P. The van der Waals surface area contributed by atoms with Crippen LogP contribution in [0.25, 0.3) is 0 Å². The molecule has 0 amide bonds. The topological polar surface area (TPSA) is 26.3 Å². The van der Waals surface area contributed by atoms with Crippen LogP contribution in [0.2, 0.25) is 0 Å². The third-order valence-corrected chi connectivity index (χ3v) is 2.12. The lowest BCUT2D eigenvalue weighted by molar-refractivity contribution is 0.302. The zero-order chi connectivity index (χ0) is 5.11. The minimum Gasteiger partial charge on any atom is -0.304 e. The molecule has 3 heteroatoms. The van der Waals surface area contributed by atoms with Crippen LogP contribution >= 0.6 is 8.03 Å². The Kier molecular flexibility index (Phi) is 1.77. The lowest BCUT2D eigenvalue weighted by Gasteiger charge is -2.06. The van der Waals surface area contributed by atoms with Crippen LogP contribution in [0.1, 0.15) is 12.8 Å². The summed E-state index contributed by atoms with van der Waals surface area (Å²) >= 11 is 0. The fraction of sp³-hybridized carbons (Fsp3) is 1.00. The molecule has 0 N–H and O–H groups in total. The Hall–Kier alpha value is 0.0600.